The van der Waals surface area contributed by atoms with E-state index in [-0.39, 0.29) is 18.5 Å². The predicted octanol–water partition coefficient (Wildman–Crippen LogP) is 3.10. The lowest BCUT2D eigenvalue weighted by molar-refractivity contribution is -0.121. The van der Waals surface area contributed by atoms with Crippen LogP contribution >= 0.6 is 0 Å². The van der Waals surface area contributed by atoms with Crippen LogP contribution in [0.5, 0.6) is 23.0 Å². The molecule has 0 unspecified atom stereocenters. The Kier molecular flexibility index (Phi) is 6.37. The first kappa shape index (κ1) is 19.5. The minimum atomic E-state index is -0.0554. The van der Waals surface area contributed by atoms with E-state index in [1.165, 1.54) is 14.0 Å². The summed E-state index contributed by atoms with van der Waals surface area (Å²) >= 11 is 0. The van der Waals surface area contributed by atoms with Gasteiger partial charge in [0.05, 0.1) is 13.7 Å². The number of rotatable bonds is 9. The van der Waals surface area contributed by atoms with Gasteiger partial charge in [0.1, 0.15) is 0 Å². The van der Waals surface area contributed by atoms with E-state index in [0.717, 1.165) is 11.3 Å². The third kappa shape index (κ3) is 4.94. The molecule has 0 aromatic heterocycles. The van der Waals surface area contributed by atoms with E-state index in [1.807, 2.05) is 18.2 Å². The van der Waals surface area contributed by atoms with Crippen molar-refractivity contribution in [3.05, 3.63) is 47.5 Å². The van der Waals surface area contributed by atoms with Crippen molar-refractivity contribution in [3.8, 4) is 23.0 Å². The smallest absolute Gasteiger partial charge is 0.231 e. The molecule has 1 heterocycles. The van der Waals surface area contributed by atoms with E-state index in [0.29, 0.717) is 48.8 Å². The number of Topliss-reactive ketones (excluding diaryl/α,β-unsaturated/α-hetero) is 1. The van der Waals surface area contributed by atoms with Crippen LogP contribution in [0.4, 0.5) is 0 Å². The van der Waals surface area contributed by atoms with Crippen molar-refractivity contribution in [1.29, 1.82) is 0 Å². The summed E-state index contributed by atoms with van der Waals surface area (Å²) in [7, 11) is 1.52. The van der Waals surface area contributed by atoms with E-state index in [9.17, 15) is 9.59 Å². The summed E-state index contributed by atoms with van der Waals surface area (Å²) in [6, 6.07) is 10.6. The van der Waals surface area contributed by atoms with Gasteiger partial charge in [-0.05, 0) is 49.2 Å². The number of ether oxygens (including phenoxy) is 4. The Morgan fingerprint density at radius 3 is 2.68 bits per heavy atom. The van der Waals surface area contributed by atoms with Crippen LogP contribution < -0.4 is 24.3 Å². The molecule has 7 nitrogen and oxygen atoms in total. The first-order valence-corrected chi connectivity index (χ1v) is 9.04. The van der Waals surface area contributed by atoms with Gasteiger partial charge in [0.25, 0.3) is 0 Å². The number of hydrogen-bond donors (Lipinski definition) is 1. The quantitative estimate of drug-likeness (QED) is 0.528. The van der Waals surface area contributed by atoms with Crippen LogP contribution in [0.25, 0.3) is 0 Å². The lowest BCUT2D eigenvalue weighted by Gasteiger charge is -2.11. The molecule has 1 aliphatic heterocycles. The molecule has 1 amide bonds. The maximum Gasteiger partial charge on any atom is 0.231 e. The lowest BCUT2D eigenvalue weighted by Crippen LogP contribution is -2.23. The van der Waals surface area contributed by atoms with Gasteiger partial charge in [-0.25, -0.2) is 0 Å². The maximum absolute atomic E-state index is 12.0. The van der Waals surface area contributed by atoms with Gasteiger partial charge in [-0.3, -0.25) is 9.59 Å². The number of fused-ring (bicyclic) bond motifs is 1. The van der Waals surface area contributed by atoms with Gasteiger partial charge in [-0.1, -0.05) is 6.07 Å². The molecule has 0 fully saturated rings. The molecule has 0 aliphatic carbocycles. The molecular formula is C21H23NO6. The van der Waals surface area contributed by atoms with Gasteiger partial charge < -0.3 is 24.3 Å². The molecule has 0 radical (unpaired) electrons. The van der Waals surface area contributed by atoms with Crippen molar-refractivity contribution >= 4 is 11.7 Å². The van der Waals surface area contributed by atoms with Crippen molar-refractivity contribution < 1.29 is 28.5 Å². The summed E-state index contributed by atoms with van der Waals surface area (Å²) < 4.78 is 21.5. The average molecular weight is 385 g/mol. The highest BCUT2D eigenvalue weighted by molar-refractivity contribution is 5.94. The minimum Gasteiger partial charge on any atom is -0.493 e. The molecule has 0 saturated heterocycles. The van der Waals surface area contributed by atoms with Gasteiger partial charge in [0.15, 0.2) is 28.8 Å². The molecule has 1 N–H and O–H groups in total. The summed E-state index contributed by atoms with van der Waals surface area (Å²) in [5.74, 6) is 2.38. The van der Waals surface area contributed by atoms with Crippen LogP contribution in [-0.2, 0) is 11.3 Å². The zero-order valence-electron chi connectivity index (χ0n) is 15.9. The topological polar surface area (TPSA) is 83.1 Å². The molecule has 2 aromatic carbocycles. The largest absolute Gasteiger partial charge is 0.493 e. The van der Waals surface area contributed by atoms with E-state index in [4.69, 9.17) is 18.9 Å². The fourth-order valence-corrected chi connectivity index (χ4v) is 2.76. The summed E-state index contributed by atoms with van der Waals surface area (Å²) in [5, 5.41) is 2.88. The van der Waals surface area contributed by atoms with Crippen molar-refractivity contribution in [2.24, 2.45) is 0 Å². The highest BCUT2D eigenvalue weighted by Gasteiger charge is 2.13. The van der Waals surface area contributed by atoms with Gasteiger partial charge in [0, 0.05) is 18.5 Å². The molecule has 2 aromatic rings. The first-order chi connectivity index (χ1) is 13.6. The van der Waals surface area contributed by atoms with Crippen LogP contribution in [-0.4, -0.2) is 32.2 Å². The molecule has 1 aliphatic rings. The summed E-state index contributed by atoms with van der Waals surface area (Å²) in [4.78, 5) is 23.4. The summed E-state index contributed by atoms with van der Waals surface area (Å²) in [6.45, 7) is 2.52. The van der Waals surface area contributed by atoms with Crippen LogP contribution in [0, 0.1) is 0 Å². The second-order valence-corrected chi connectivity index (χ2v) is 6.34. The number of benzene rings is 2. The Labute approximate surface area is 163 Å². The van der Waals surface area contributed by atoms with E-state index in [2.05, 4.69) is 5.32 Å². The van der Waals surface area contributed by atoms with Crippen molar-refractivity contribution in [2.75, 3.05) is 20.5 Å². The standard InChI is InChI=1S/C21H23NO6/c1-14(23)16-6-8-17(19(11-16)25-2)26-9-3-4-21(24)22-12-15-5-7-18-20(10-15)28-13-27-18/h5-8,10-11H,3-4,9,12-13H2,1-2H3,(H,22,24). The number of hydrogen-bond acceptors (Lipinski definition) is 6. The number of methoxy groups -OCH3 is 1. The van der Waals surface area contributed by atoms with Crippen LogP contribution in [0.2, 0.25) is 0 Å². The van der Waals surface area contributed by atoms with Gasteiger partial charge >= 0.3 is 0 Å². The highest BCUT2D eigenvalue weighted by Crippen LogP contribution is 2.32. The summed E-state index contributed by atoms with van der Waals surface area (Å²) in [5.41, 5.74) is 1.51. The van der Waals surface area contributed by atoms with Gasteiger partial charge in [-0.2, -0.15) is 0 Å². The molecule has 28 heavy (non-hydrogen) atoms. The number of amides is 1. The molecule has 3 rings (SSSR count). The lowest BCUT2D eigenvalue weighted by atomic mass is 10.1. The van der Waals surface area contributed by atoms with Crippen molar-refractivity contribution in [1.82, 2.24) is 5.32 Å². The Morgan fingerprint density at radius 1 is 1.07 bits per heavy atom. The Bertz CT molecular complexity index is 864. The second kappa shape index (κ2) is 9.12. The van der Waals surface area contributed by atoms with Crippen molar-refractivity contribution in [3.63, 3.8) is 0 Å². The fourth-order valence-electron chi connectivity index (χ4n) is 2.76. The van der Waals surface area contributed by atoms with Gasteiger partial charge in [0.2, 0.25) is 12.7 Å². The minimum absolute atomic E-state index is 0.0380. The number of carbonyl (C=O) groups excluding carboxylic acids is 2. The number of ketones is 1. The monoisotopic (exact) mass is 385 g/mol. The number of nitrogens with one attached hydrogen (secondary N) is 1. The van der Waals surface area contributed by atoms with E-state index >= 15 is 0 Å². The SMILES string of the molecule is COc1cc(C(C)=O)ccc1OCCCC(=O)NCc1ccc2c(c1)OCO2. The first-order valence-electron chi connectivity index (χ1n) is 9.04. The zero-order chi connectivity index (χ0) is 19.9. The normalized spacial score (nSPS) is 11.8. The Balaban J connectivity index is 1.40. The second-order valence-electron chi connectivity index (χ2n) is 6.34. The molecule has 0 atom stereocenters. The average Bonchev–Trinajstić information content (AvgIpc) is 3.17. The maximum atomic E-state index is 12.0. The zero-order valence-corrected chi connectivity index (χ0v) is 15.9. The third-order valence-corrected chi connectivity index (χ3v) is 4.30. The van der Waals surface area contributed by atoms with Crippen LogP contribution in [0.3, 0.4) is 0 Å². The van der Waals surface area contributed by atoms with Crippen LogP contribution in [0.15, 0.2) is 36.4 Å². The molecule has 0 spiro atoms. The Morgan fingerprint density at radius 2 is 1.89 bits per heavy atom. The molecule has 148 valence electrons. The molecule has 7 heteroatoms. The molecule has 0 saturated carbocycles. The molecular weight excluding hydrogens is 362 g/mol. The highest BCUT2D eigenvalue weighted by atomic mass is 16.7. The van der Waals surface area contributed by atoms with E-state index < -0.39 is 0 Å². The van der Waals surface area contributed by atoms with E-state index in [1.54, 1.807) is 18.2 Å². The third-order valence-electron chi connectivity index (χ3n) is 4.30. The Hall–Kier alpha value is -3.22. The van der Waals surface area contributed by atoms with Gasteiger partial charge in [-0.15, -0.1) is 0 Å². The number of carbonyl (C=O) groups is 2. The van der Waals surface area contributed by atoms with Crippen molar-refractivity contribution in [2.45, 2.75) is 26.3 Å². The molecule has 0 bridgehead atoms. The fraction of sp³-hybridized carbons (Fsp3) is 0.333. The summed E-state index contributed by atoms with van der Waals surface area (Å²) in [6.07, 6.45) is 0.906. The van der Waals surface area contributed by atoms with Crippen LogP contribution in [0.1, 0.15) is 35.7 Å². The predicted molar refractivity (Wildman–Crippen MR) is 102 cm³/mol.